The van der Waals surface area contributed by atoms with Gasteiger partial charge in [-0.2, -0.15) is 0 Å². The van der Waals surface area contributed by atoms with Crippen LogP contribution in [0.4, 0.5) is 0 Å². The van der Waals surface area contributed by atoms with Crippen LogP contribution in [-0.4, -0.2) is 25.2 Å². The fourth-order valence-electron chi connectivity index (χ4n) is 9.96. The molecule has 0 N–H and O–H groups in total. The first-order valence-electron chi connectivity index (χ1n) is 20.0. The highest BCUT2D eigenvalue weighted by atomic mass is 16.5. The molecule has 4 atom stereocenters. The Hall–Kier alpha value is -2.10. The summed E-state index contributed by atoms with van der Waals surface area (Å²) in [5, 5.41) is 0. The Morgan fingerprint density at radius 2 is 1.02 bits per heavy atom. The molecular formula is C44H70O4. The number of hydrogen-bond acceptors (Lipinski definition) is 4. The van der Waals surface area contributed by atoms with Crippen LogP contribution in [-0.2, 0) is 19.1 Å². The standard InChI is InChI=1S/C44H70O4/c1-7-47-41(45)31-35-15-9-13-33-19-20-34(14-10-16-36(22-21-35)32-42(46)48-8-2)24-28-40-38(18-12-30-44(40,5)6)26-25-37-17-11-29-43(3,4)39(37)27-23-33/h15-16,23-24,37-40H,7-14,17-22,25-32H2,1-6H3/b33-23-,34-24-,35-15+,36-16+/t37-,38+,39+,40-. The molecule has 0 radical (unpaired) electrons. The van der Waals surface area contributed by atoms with Gasteiger partial charge in [0.2, 0.25) is 0 Å². The van der Waals surface area contributed by atoms with Crippen molar-refractivity contribution in [3.05, 3.63) is 46.6 Å². The van der Waals surface area contributed by atoms with E-state index >= 15 is 0 Å². The molecular weight excluding hydrogens is 592 g/mol. The van der Waals surface area contributed by atoms with E-state index in [1.54, 1.807) is 11.1 Å². The van der Waals surface area contributed by atoms with Gasteiger partial charge in [-0.05, 0) is 138 Å². The van der Waals surface area contributed by atoms with Crippen LogP contribution in [0.5, 0.6) is 0 Å². The Balaban J connectivity index is 1.67. The van der Waals surface area contributed by atoms with E-state index in [4.69, 9.17) is 9.47 Å². The zero-order valence-electron chi connectivity index (χ0n) is 31.8. The summed E-state index contributed by atoms with van der Waals surface area (Å²) in [5.41, 5.74) is 6.29. The molecule has 4 nitrogen and oxygen atoms in total. The second-order valence-corrected chi connectivity index (χ2v) is 17.0. The maximum absolute atomic E-state index is 12.6. The quantitative estimate of drug-likeness (QED) is 0.210. The van der Waals surface area contributed by atoms with Crippen LogP contribution in [0.1, 0.15) is 170 Å². The summed E-state index contributed by atoms with van der Waals surface area (Å²) in [6.07, 6.45) is 32.0. The van der Waals surface area contributed by atoms with Crippen molar-refractivity contribution in [1.29, 1.82) is 0 Å². The number of fused-ring (bicyclic) bond motifs is 5. The van der Waals surface area contributed by atoms with Crippen molar-refractivity contribution >= 4 is 11.9 Å². The highest BCUT2D eigenvalue weighted by molar-refractivity contribution is 5.73. The second-order valence-electron chi connectivity index (χ2n) is 17.0. The van der Waals surface area contributed by atoms with Crippen molar-refractivity contribution < 1.29 is 19.1 Å². The summed E-state index contributed by atoms with van der Waals surface area (Å²) in [5.74, 6) is 2.91. The molecule has 0 unspecified atom stereocenters. The van der Waals surface area contributed by atoms with Gasteiger partial charge in [-0.3, -0.25) is 9.59 Å². The van der Waals surface area contributed by atoms with Gasteiger partial charge in [-0.1, -0.05) is 100.0 Å². The lowest BCUT2D eigenvalue weighted by atomic mass is 9.58. The zero-order valence-corrected chi connectivity index (χ0v) is 31.8. The van der Waals surface area contributed by atoms with E-state index in [1.807, 2.05) is 13.8 Å². The fraction of sp³-hybridized carbons (Fsp3) is 0.773. The van der Waals surface area contributed by atoms with Gasteiger partial charge in [-0.15, -0.1) is 0 Å². The lowest BCUT2D eigenvalue weighted by Gasteiger charge is -2.47. The number of esters is 2. The first-order chi connectivity index (χ1) is 23.0. The van der Waals surface area contributed by atoms with E-state index in [1.165, 1.54) is 64.2 Å². The SMILES string of the molecule is CCOC(=O)C/C1=C/CC/C2=C/C[C@@H]3[C@@H](CCCC3(C)C)CC[C@H]3CCCC(C)(C)[C@H]3C/C=C(/CC/C=C(/CC(=O)OCC)CC1)CC2. The third kappa shape index (κ3) is 11.8. The second kappa shape index (κ2) is 18.8. The molecule has 2 fully saturated rings. The summed E-state index contributed by atoms with van der Waals surface area (Å²) in [7, 11) is 0. The lowest BCUT2D eigenvalue weighted by Crippen LogP contribution is -2.37. The topological polar surface area (TPSA) is 52.6 Å². The van der Waals surface area contributed by atoms with Crippen molar-refractivity contribution in [2.24, 2.45) is 34.5 Å². The Bertz CT molecular complexity index is 1090. The molecule has 4 rings (SSSR count). The summed E-state index contributed by atoms with van der Waals surface area (Å²) in [4.78, 5) is 25.2. The van der Waals surface area contributed by atoms with Crippen LogP contribution in [0.3, 0.4) is 0 Å². The molecule has 4 aliphatic rings. The number of hydrogen-bond donors (Lipinski definition) is 0. The normalized spacial score (nSPS) is 33.2. The zero-order chi connectivity index (χ0) is 34.6. The molecule has 270 valence electrons. The van der Waals surface area contributed by atoms with Gasteiger partial charge in [-0.25, -0.2) is 0 Å². The van der Waals surface area contributed by atoms with Crippen LogP contribution < -0.4 is 0 Å². The molecule has 0 heterocycles. The van der Waals surface area contributed by atoms with Crippen molar-refractivity contribution in [2.75, 3.05) is 13.2 Å². The lowest BCUT2D eigenvalue weighted by molar-refractivity contribution is -0.143. The first kappa shape index (κ1) is 38.7. The predicted octanol–water partition coefficient (Wildman–Crippen LogP) is 12.2. The van der Waals surface area contributed by atoms with Gasteiger partial charge >= 0.3 is 11.9 Å². The molecule has 0 saturated heterocycles. The number of ether oxygens (including phenoxy) is 2. The van der Waals surface area contributed by atoms with E-state index < -0.39 is 0 Å². The summed E-state index contributed by atoms with van der Waals surface area (Å²) in [6.45, 7) is 14.8. The molecule has 0 spiro atoms. The van der Waals surface area contributed by atoms with E-state index in [0.717, 1.165) is 86.2 Å². The number of rotatable bonds is 6. The Morgan fingerprint density at radius 3 is 1.42 bits per heavy atom. The maximum atomic E-state index is 12.6. The van der Waals surface area contributed by atoms with Gasteiger partial charge < -0.3 is 9.47 Å². The number of carbonyl (C=O) groups is 2. The van der Waals surface area contributed by atoms with E-state index in [0.29, 0.717) is 36.9 Å². The molecule has 0 aromatic carbocycles. The van der Waals surface area contributed by atoms with Crippen LogP contribution in [0.25, 0.3) is 0 Å². The Kier molecular flexibility index (Phi) is 15.1. The number of carbonyl (C=O) groups excluding carboxylic acids is 2. The Labute approximate surface area is 294 Å². The summed E-state index contributed by atoms with van der Waals surface area (Å²) in [6, 6.07) is 0. The third-order valence-electron chi connectivity index (χ3n) is 12.9. The minimum Gasteiger partial charge on any atom is -0.466 e. The van der Waals surface area contributed by atoms with E-state index in [2.05, 4.69) is 52.0 Å². The highest BCUT2D eigenvalue weighted by Gasteiger charge is 2.41. The Morgan fingerprint density at radius 1 is 0.604 bits per heavy atom. The average Bonchev–Trinajstić information content (AvgIpc) is 3.01. The number of allylic oxidation sites excluding steroid dienone is 6. The molecule has 2 bridgehead atoms. The van der Waals surface area contributed by atoms with Gasteiger partial charge in [0.15, 0.2) is 0 Å². The predicted molar refractivity (Wildman–Crippen MR) is 199 cm³/mol. The fourth-order valence-corrected chi connectivity index (χ4v) is 9.96. The molecule has 4 aliphatic carbocycles. The molecule has 0 amide bonds. The van der Waals surface area contributed by atoms with Crippen LogP contribution in [0.2, 0.25) is 0 Å². The van der Waals surface area contributed by atoms with E-state index in [9.17, 15) is 9.59 Å². The van der Waals surface area contributed by atoms with Crippen LogP contribution in [0.15, 0.2) is 46.6 Å². The van der Waals surface area contributed by atoms with Crippen LogP contribution >= 0.6 is 0 Å². The van der Waals surface area contributed by atoms with E-state index in [-0.39, 0.29) is 11.9 Å². The van der Waals surface area contributed by atoms with Crippen molar-refractivity contribution in [3.8, 4) is 0 Å². The summed E-state index contributed by atoms with van der Waals surface area (Å²) < 4.78 is 10.7. The third-order valence-corrected chi connectivity index (χ3v) is 12.9. The summed E-state index contributed by atoms with van der Waals surface area (Å²) >= 11 is 0. The van der Waals surface area contributed by atoms with Gasteiger partial charge in [0.1, 0.15) is 0 Å². The molecule has 0 aromatic rings. The molecule has 0 aliphatic heterocycles. The van der Waals surface area contributed by atoms with Crippen molar-refractivity contribution in [3.63, 3.8) is 0 Å². The van der Waals surface area contributed by atoms with Gasteiger partial charge in [0, 0.05) is 0 Å². The molecule has 2 saturated carbocycles. The monoisotopic (exact) mass is 663 g/mol. The first-order valence-corrected chi connectivity index (χ1v) is 20.0. The average molecular weight is 663 g/mol. The molecule has 0 aromatic heterocycles. The highest BCUT2D eigenvalue weighted by Crippen LogP contribution is 2.52. The molecule has 4 heteroatoms. The minimum atomic E-state index is -0.151. The molecule has 48 heavy (non-hydrogen) atoms. The maximum Gasteiger partial charge on any atom is 0.309 e. The van der Waals surface area contributed by atoms with Gasteiger partial charge in [0.05, 0.1) is 26.1 Å². The van der Waals surface area contributed by atoms with Crippen LogP contribution in [0, 0.1) is 34.5 Å². The van der Waals surface area contributed by atoms with Crippen molar-refractivity contribution in [1.82, 2.24) is 0 Å². The van der Waals surface area contributed by atoms with Crippen molar-refractivity contribution in [2.45, 2.75) is 170 Å². The largest absolute Gasteiger partial charge is 0.466 e. The minimum absolute atomic E-state index is 0.151. The van der Waals surface area contributed by atoms with Gasteiger partial charge in [0.25, 0.3) is 0 Å². The smallest absolute Gasteiger partial charge is 0.309 e.